The van der Waals surface area contributed by atoms with Crippen LogP contribution < -0.4 is 5.32 Å². The first-order valence-electron chi connectivity index (χ1n) is 5.24. The van der Waals surface area contributed by atoms with E-state index in [4.69, 9.17) is 11.6 Å². The third-order valence-electron chi connectivity index (χ3n) is 2.99. The highest BCUT2D eigenvalue weighted by Crippen LogP contribution is 2.39. The number of halogens is 1. The van der Waals surface area contributed by atoms with Gasteiger partial charge in [0.25, 0.3) is 0 Å². The summed E-state index contributed by atoms with van der Waals surface area (Å²) in [7, 11) is 0. The highest BCUT2D eigenvalue weighted by Gasteiger charge is 2.32. The molecular weight excluding hydrogens is 214 g/mol. The van der Waals surface area contributed by atoms with E-state index < -0.39 is 0 Å². The second-order valence-corrected chi connectivity index (χ2v) is 5.65. The summed E-state index contributed by atoms with van der Waals surface area (Å²) in [5, 5.41) is 3.50. The van der Waals surface area contributed by atoms with Crippen molar-refractivity contribution in [2.75, 3.05) is 19.3 Å². The molecule has 1 aliphatic rings. The maximum atomic E-state index is 5.61. The third kappa shape index (κ3) is 3.48. The van der Waals surface area contributed by atoms with Crippen LogP contribution in [-0.4, -0.2) is 24.1 Å². The van der Waals surface area contributed by atoms with Gasteiger partial charge in [-0.25, -0.2) is 0 Å². The molecule has 0 aromatic carbocycles. The zero-order valence-corrected chi connectivity index (χ0v) is 10.7. The molecular formula is C11H20ClNS. The second-order valence-electron chi connectivity index (χ2n) is 4.15. The quantitative estimate of drug-likeness (QED) is 0.781. The Kier molecular flexibility index (Phi) is 5.35. The highest BCUT2D eigenvalue weighted by atomic mass is 35.5. The van der Waals surface area contributed by atoms with Crippen LogP contribution in [-0.2, 0) is 0 Å². The van der Waals surface area contributed by atoms with E-state index in [1.807, 2.05) is 11.8 Å². The van der Waals surface area contributed by atoms with Gasteiger partial charge in [0.2, 0.25) is 0 Å². The topological polar surface area (TPSA) is 12.0 Å². The van der Waals surface area contributed by atoms with Gasteiger partial charge in [0.15, 0.2) is 0 Å². The minimum absolute atomic E-state index is 0.507. The molecule has 82 valence electrons. The van der Waals surface area contributed by atoms with Gasteiger partial charge in [-0.05, 0) is 31.6 Å². The minimum Gasteiger partial charge on any atom is -0.312 e. The lowest BCUT2D eigenvalue weighted by atomic mass is 10.1. The molecule has 0 saturated heterocycles. The van der Waals surface area contributed by atoms with Crippen LogP contribution in [0.15, 0.2) is 11.1 Å². The smallest absolute Gasteiger partial charge is 0.0281 e. The Hall–Kier alpha value is 0.340. The van der Waals surface area contributed by atoms with Crippen LogP contribution in [0.5, 0.6) is 0 Å². The molecule has 1 rings (SSSR count). The Morgan fingerprint density at radius 2 is 2.14 bits per heavy atom. The largest absolute Gasteiger partial charge is 0.312 e. The van der Waals surface area contributed by atoms with Crippen molar-refractivity contribution in [2.24, 2.45) is 0 Å². The van der Waals surface area contributed by atoms with E-state index in [1.165, 1.54) is 31.3 Å². The SMILES string of the molecule is CSC1(CNCC(C)=CCl)CCCC1. The Balaban J connectivity index is 2.28. The summed E-state index contributed by atoms with van der Waals surface area (Å²) in [6.07, 6.45) is 7.76. The molecule has 0 aromatic heterocycles. The van der Waals surface area contributed by atoms with E-state index in [-0.39, 0.29) is 0 Å². The summed E-state index contributed by atoms with van der Waals surface area (Å²) in [6, 6.07) is 0. The fraction of sp³-hybridized carbons (Fsp3) is 0.818. The molecule has 0 spiro atoms. The van der Waals surface area contributed by atoms with E-state index in [0.29, 0.717) is 4.75 Å². The predicted molar refractivity (Wildman–Crippen MR) is 67.2 cm³/mol. The molecule has 1 nitrogen and oxygen atoms in total. The van der Waals surface area contributed by atoms with E-state index in [2.05, 4.69) is 18.5 Å². The fourth-order valence-electron chi connectivity index (χ4n) is 2.00. The van der Waals surface area contributed by atoms with Crippen LogP contribution in [0.4, 0.5) is 0 Å². The summed E-state index contributed by atoms with van der Waals surface area (Å²) in [5.41, 5.74) is 2.87. The van der Waals surface area contributed by atoms with E-state index >= 15 is 0 Å². The standard InChI is InChI=1S/C11H20ClNS/c1-10(7-12)8-13-9-11(14-2)5-3-4-6-11/h7,13H,3-6,8-9H2,1-2H3. The van der Waals surface area contributed by atoms with Crippen LogP contribution in [0.1, 0.15) is 32.6 Å². The molecule has 0 unspecified atom stereocenters. The van der Waals surface area contributed by atoms with Crippen LogP contribution in [0, 0.1) is 0 Å². The van der Waals surface area contributed by atoms with Crippen molar-refractivity contribution in [3.05, 3.63) is 11.1 Å². The van der Waals surface area contributed by atoms with Crippen molar-refractivity contribution in [1.82, 2.24) is 5.32 Å². The number of nitrogens with one attached hydrogen (secondary N) is 1. The molecule has 1 N–H and O–H groups in total. The number of hydrogen-bond acceptors (Lipinski definition) is 2. The van der Waals surface area contributed by atoms with Crippen LogP contribution >= 0.6 is 23.4 Å². The first-order chi connectivity index (χ1) is 6.72. The lowest BCUT2D eigenvalue weighted by Crippen LogP contribution is -2.35. The van der Waals surface area contributed by atoms with E-state index in [9.17, 15) is 0 Å². The van der Waals surface area contributed by atoms with Gasteiger partial charge < -0.3 is 5.32 Å². The monoisotopic (exact) mass is 233 g/mol. The van der Waals surface area contributed by atoms with E-state index in [0.717, 1.165) is 13.1 Å². The average Bonchev–Trinajstić information content (AvgIpc) is 2.67. The first-order valence-corrected chi connectivity index (χ1v) is 6.90. The molecule has 1 saturated carbocycles. The highest BCUT2D eigenvalue weighted by molar-refractivity contribution is 8.00. The average molecular weight is 234 g/mol. The third-order valence-corrected chi connectivity index (χ3v) is 4.78. The van der Waals surface area contributed by atoms with Crippen molar-refractivity contribution in [3.63, 3.8) is 0 Å². The lowest BCUT2D eigenvalue weighted by Gasteiger charge is -2.27. The molecule has 0 amide bonds. The van der Waals surface area contributed by atoms with Gasteiger partial charge in [-0.1, -0.05) is 24.4 Å². The molecule has 1 aliphatic carbocycles. The Morgan fingerprint density at radius 3 is 2.64 bits per heavy atom. The maximum Gasteiger partial charge on any atom is 0.0281 e. The summed E-state index contributed by atoms with van der Waals surface area (Å²) in [5.74, 6) is 0. The van der Waals surface area contributed by atoms with Gasteiger partial charge in [-0.2, -0.15) is 11.8 Å². The predicted octanol–water partition coefficient (Wildman–Crippen LogP) is 3.39. The Morgan fingerprint density at radius 1 is 1.50 bits per heavy atom. The summed E-state index contributed by atoms with van der Waals surface area (Å²) in [4.78, 5) is 0. The summed E-state index contributed by atoms with van der Waals surface area (Å²) >= 11 is 7.63. The summed E-state index contributed by atoms with van der Waals surface area (Å²) < 4.78 is 0.507. The van der Waals surface area contributed by atoms with Crippen molar-refractivity contribution in [2.45, 2.75) is 37.4 Å². The molecule has 14 heavy (non-hydrogen) atoms. The molecule has 0 heterocycles. The number of thioether (sulfide) groups is 1. The Bertz CT molecular complexity index is 197. The van der Waals surface area contributed by atoms with Gasteiger partial charge >= 0.3 is 0 Å². The van der Waals surface area contributed by atoms with Crippen LogP contribution in [0.25, 0.3) is 0 Å². The zero-order valence-electron chi connectivity index (χ0n) is 9.11. The fourth-order valence-corrected chi connectivity index (χ4v) is 3.02. The van der Waals surface area contributed by atoms with Gasteiger partial charge in [-0.15, -0.1) is 0 Å². The maximum absolute atomic E-state index is 5.61. The van der Waals surface area contributed by atoms with Crippen molar-refractivity contribution in [1.29, 1.82) is 0 Å². The normalized spacial score (nSPS) is 21.5. The molecule has 0 aliphatic heterocycles. The summed E-state index contributed by atoms with van der Waals surface area (Å²) in [6.45, 7) is 4.10. The molecule has 0 radical (unpaired) electrons. The van der Waals surface area contributed by atoms with Gasteiger partial charge in [0.1, 0.15) is 0 Å². The number of hydrogen-bond donors (Lipinski definition) is 1. The van der Waals surface area contributed by atoms with Crippen molar-refractivity contribution >= 4 is 23.4 Å². The zero-order chi connectivity index (χ0) is 10.4. The van der Waals surface area contributed by atoms with Crippen LogP contribution in [0.2, 0.25) is 0 Å². The van der Waals surface area contributed by atoms with Crippen LogP contribution in [0.3, 0.4) is 0 Å². The lowest BCUT2D eigenvalue weighted by molar-refractivity contribution is 0.549. The number of rotatable bonds is 5. The molecule has 1 fully saturated rings. The second kappa shape index (κ2) is 6.04. The van der Waals surface area contributed by atoms with Gasteiger partial charge in [-0.3, -0.25) is 0 Å². The molecule has 3 heteroatoms. The van der Waals surface area contributed by atoms with Crippen molar-refractivity contribution in [3.8, 4) is 0 Å². The van der Waals surface area contributed by atoms with Gasteiger partial charge in [0.05, 0.1) is 0 Å². The Labute approximate surface area is 96.7 Å². The molecule has 0 atom stereocenters. The first kappa shape index (κ1) is 12.4. The van der Waals surface area contributed by atoms with Crippen molar-refractivity contribution < 1.29 is 0 Å². The minimum atomic E-state index is 0.507. The van der Waals surface area contributed by atoms with E-state index in [1.54, 1.807) is 5.54 Å². The van der Waals surface area contributed by atoms with Gasteiger partial charge in [0, 0.05) is 23.4 Å². The molecule has 0 aromatic rings. The molecule has 0 bridgehead atoms.